The van der Waals surface area contributed by atoms with Crippen LogP contribution in [0.1, 0.15) is 58.9 Å². The molecule has 2 aromatic rings. The number of hydrogen-bond acceptors (Lipinski definition) is 7. The van der Waals surface area contributed by atoms with Crippen LogP contribution in [0, 0.1) is 29.0 Å². The molecule has 2 aliphatic rings. The first-order chi connectivity index (χ1) is 17.1. The third kappa shape index (κ3) is 5.70. The van der Waals surface area contributed by atoms with Crippen molar-refractivity contribution in [1.29, 1.82) is 5.26 Å². The number of nitriles is 1. The van der Waals surface area contributed by atoms with E-state index in [2.05, 4.69) is 11.1 Å². The standard InChI is InChI=1S/C27H32FN3O4S/c1-5-34-25-30-22(15-36-25)18-7-6-17(21(28)13-18)10-16(14-29)11-23(32)24-19-8-9-20(12-19)31(24)26(33)35-27(2,3)4/h6-7,13,15-16,19-20,24H,5,8-12H2,1-4H3/t16-,19+,20-,24+/m1/s1. The van der Waals surface area contributed by atoms with Crippen molar-refractivity contribution < 1.29 is 23.5 Å². The van der Waals surface area contributed by atoms with Crippen LogP contribution in [0.5, 0.6) is 5.19 Å². The number of nitrogens with zero attached hydrogens (tertiary/aromatic N) is 3. The van der Waals surface area contributed by atoms with Crippen molar-refractivity contribution in [3.63, 3.8) is 0 Å². The number of aromatic nitrogens is 1. The van der Waals surface area contributed by atoms with Gasteiger partial charge in [0.2, 0.25) is 0 Å². The fourth-order valence-corrected chi connectivity index (χ4v) is 5.96. The Kier molecular flexibility index (Phi) is 7.65. The van der Waals surface area contributed by atoms with E-state index in [4.69, 9.17) is 9.47 Å². The van der Waals surface area contributed by atoms with Crippen LogP contribution in [0.2, 0.25) is 0 Å². The van der Waals surface area contributed by atoms with Crippen LogP contribution in [-0.2, 0) is 16.0 Å². The van der Waals surface area contributed by atoms with Gasteiger partial charge in [0.25, 0.3) is 5.19 Å². The van der Waals surface area contributed by atoms with E-state index in [9.17, 15) is 19.2 Å². The lowest BCUT2D eigenvalue weighted by atomic mass is 9.87. The summed E-state index contributed by atoms with van der Waals surface area (Å²) in [7, 11) is 0. The minimum atomic E-state index is -0.693. The topological polar surface area (TPSA) is 92.5 Å². The van der Waals surface area contributed by atoms with Gasteiger partial charge in [-0.25, -0.2) is 14.2 Å². The first kappa shape index (κ1) is 26.1. The van der Waals surface area contributed by atoms with Crippen LogP contribution in [0.15, 0.2) is 23.6 Å². The van der Waals surface area contributed by atoms with E-state index >= 15 is 0 Å². The molecule has 1 aliphatic heterocycles. The molecule has 2 bridgehead atoms. The van der Waals surface area contributed by atoms with Crippen LogP contribution in [-0.4, -0.2) is 46.1 Å². The number of carbonyl (C=O) groups is 2. The van der Waals surface area contributed by atoms with Crippen LogP contribution in [0.25, 0.3) is 11.3 Å². The van der Waals surface area contributed by atoms with Gasteiger partial charge in [-0.05, 0) is 70.9 Å². The normalized spacial score (nSPS) is 21.8. The lowest BCUT2D eigenvalue weighted by molar-refractivity contribution is -0.126. The number of rotatable bonds is 8. The highest BCUT2D eigenvalue weighted by molar-refractivity contribution is 7.11. The van der Waals surface area contributed by atoms with Gasteiger partial charge in [-0.3, -0.25) is 9.69 Å². The minimum absolute atomic E-state index is 0.00159. The van der Waals surface area contributed by atoms with Gasteiger partial charge in [-0.2, -0.15) is 5.26 Å². The number of benzene rings is 1. The van der Waals surface area contributed by atoms with Crippen molar-refractivity contribution in [2.75, 3.05) is 6.61 Å². The van der Waals surface area contributed by atoms with Crippen LogP contribution >= 0.6 is 11.3 Å². The number of piperidine rings is 1. The number of halogens is 1. The van der Waals surface area contributed by atoms with Gasteiger partial charge >= 0.3 is 6.09 Å². The molecule has 2 fully saturated rings. The van der Waals surface area contributed by atoms with Crippen molar-refractivity contribution in [1.82, 2.24) is 9.88 Å². The molecule has 0 radical (unpaired) electrons. The Labute approximate surface area is 215 Å². The molecule has 9 heteroatoms. The molecule has 1 aromatic carbocycles. The summed E-state index contributed by atoms with van der Waals surface area (Å²) in [6.07, 6.45) is 2.13. The number of amides is 1. The van der Waals surface area contributed by atoms with E-state index in [1.165, 1.54) is 17.4 Å². The molecule has 4 rings (SSSR count). The van der Waals surface area contributed by atoms with Gasteiger partial charge in [0.05, 0.1) is 30.3 Å². The number of carbonyl (C=O) groups excluding carboxylic acids is 2. The van der Waals surface area contributed by atoms with Crippen molar-refractivity contribution in [3.05, 3.63) is 35.0 Å². The summed E-state index contributed by atoms with van der Waals surface area (Å²) in [4.78, 5) is 32.2. The summed E-state index contributed by atoms with van der Waals surface area (Å²) >= 11 is 1.35. The van der Waals surface area contributed by atoms with Crippen molar-refractivity contribution in [2.24, 2.45) is 11.8 Å². The van der Waals surface area contributed by atoms with E-state index < -0.39 is 29.5 Å². The molecule has 4 atom stereocenters. The van der Waals surface area contributed by atoms with E-state index in [-0.39, 0.29) is 30.6 Å². The molecular weight excluding hydrogens is 481 g/mol. The third-order valence-electron chi connectivity index (χ3n) is 6.72. The molecule has 2 heterocycles. The Morgan fingerprint density at radius 1 is 1.33 bits per heavy atom. The SMILES string of the molecule is CCOc1nc(-c2ccc(C[C@@H](C#N)CC(=O)[C@@H]3[C@H]4CC[C@H](C4)N3C(=O)OC(C)(C)C)c(F)c2)cs1. The molecule has 0 N–H and O–H groups in total. The molecule has 1 aliphatic carbocycles. The summed E-state index contributed by atoms with van der Waals surface area (Å²) in [6.45, 7) is 7.78. The zero-order valence-corrected chi connectivity index (χ0v) is 21.9. The summed E-state index contributed by atoms with van der Waals surface area (Å²) in [5.74, 6) is -1.20. The quantitative estimate of drug-likeness (QED) is 0.444. The first-order valence-electron chi connectivity index (χ1n) is 12.4. The lowest BCUT2D eigenvalue weighted by Crippen LogP contribution is -2.51. The van der Waals surface area contributed by atoms with Gasteiger partial charge in [0.15, 0.2) is 5.78 Å². The van der Waals surface area contributed by atoms with E-state index in [0.717, 1.165) is 19.3 Å². The Balaban J connectivity index is 1.44. The second-order valence-electron chi connectivity index (χ2n) is 10.5. The van der Waals surface area contributed by atoms with Crippen molar-refractivity contribution >= 4 is 23.2 Å². The number of hydrogen-bond donors (Lipinski definition) is 0. The van der Waals surface area contributed by atoms with Gasteiger partial charge < -0.3 is 9.47 Å². The fourth-order valence-electron chi connectivity index (χ4n) is 5.22. The molecular formula is C27H32FN3O4S. The number of fused-ring (bicyclic) bond motifs is 2. The van der Waals surface area contributed by atoms with E-state index in [1.54, 1.807) is 37.8 Å². The maximum absolute atomic E-state index is 15.0. The highest BCUT2D eigenvalue weighted by Crippen LogP contribution is 2.44. The Bertz CT molecular complexity index is 1170. The zero-order chi connectivity index (χ0) is 26.0. The molecule has 1 aromatic heterocycles. The Morgan fingerprint density at radius 3 is 2.78 bits per heavy atom. The van der Waals surface area contributed by atoms with Gasteiger partial charge in [-0.1, -0.05) is 23.5 Å². The molecule has 1 saturated heterocycles. The highest BCUT2D eigenvalue weighted by atomic mass is 32.1. The average Bonchev–Trinajstić information content (AvgIpc) is 3.55. The third-order valence-corrected chi connectivity index (χ3v) is 7.47. The Hall–Kier alpha value is -2.99. The summed E-state index contributed by atoms with van der Waals surface area (Å²) < 4.78 is 25.9. The van der Waals surface area contributed by atoms with Gasteiger partial charge in [0, 0.05) is 23.4 Å². The fraction of sp³-hybridized carbons (Fsp3) is 0.556. The Morgan fingerprint density at radius 2 is 2.11 bits per heavy atom. The molecule has 0 spiro atoms. The predicted octanol–water partition coefficient (Wildman–Crippen LogP) is 5.78. The zero-order valence-electron chi connectivity index (χ0n) is 21.1. The van der Waals surface area contributed by atoms with Crippen molar-refractivity contribution in [3.8, 4) is 22.5 Å². The monoisotopic (exact) mass is 513 g/mol. The molecule has 1 amide bonds. The number of Topliss-reactive ketones (excluding diaryl/α,β-unsaturated/α-hetero) is 1. The first-order valence-corrected chi connectivity index (χ1v) is 13.3. The summed E-state index contributed by atoms with van der Waals surface area (Å²) in [6, 6.07) is 6.40. The van der Waals surface area contributed by atoms with Gasteiger partial charge in [0.1, 0.15) is 11.4 Å². The maximum atomic E-state index is 15.0. The molecule has 36 heavy (non-hydrogen) atoms. The van der Waals surface area contributed by atoms with Gasteiger partial charge in [-0.15, -0.1) is 0 Å². The summed E-state index contributed by atoms with van der Waals surface area (Å²) in [5, 5.41) is 12.1. The highest BCUT2D eigenvalue weighted by Gasteiger charge is 2.52. The number of ketones is 1. The largest absolute Gasteiger partial charge is 0.470 e. The predicted molar refractivity (Wildman–Crippen MR) is 134 cm³/mol. The molecule has 192 valence electrons. The minimum Gasteiger partial charge on any atom is -0.470 e. The maximum Gasteiger partial charge on any atom is 0.411 e. The lowest BCUT2D eigenvalue weighted by Gasteiger charge is -2.35. The second kappa shape index (κ2) is 10.6. The second-order valence-corrected chi connectivity index (χ2v) is 11.3. The number of thiazole rings is 1. The summed E-state index contributed by atoms with van der Waals surface area (Å²) in [5.41, 5.74) is 0.960. The number of likely N-dealkylation sites (tertiary alicyclic amines) is 1. The van der Waals surface area contributed by atoms with Crippen molar-refractivity contribution in [2.45, 2.75) is 77.5 Å². The van der Waals surface area contributed by atoms with E-state index in [0.29, 0.717) is 28.6 Å². The number of ether oxygens (including phenoxy) is 2. The molecule has 0 unspecified atom stereocenters. The molecule has 7 nitrogen and oxygen atoms in total. The smallest absolute Gasteiger partial charge is 0.411 e. The van der Waals surface area contributed by atoms with E-state index in [1.807, 2.05) is 12.3 Å². The van der Waals surface area contributed by atoms with Crippen LogP contribution < -0.4 is 4.74 Å². The van der Waals surface area contributed by atoms with Crippen LogP contribution in [0.4, 0.5) is 9.18 Å². The van der Waals surface area contributed by atoms with Crippen LogP contribution in [0.3, 0.4) is 0 Å². The molecule has 1 saturated carbocycles. The average molecular weight is 514 g/mol.